The van der Waals surface area contributed by atoms with Crippen LogP contribution in [0.4, 0.5) is 5.69 Å². The van der Waals surface area contributed by atoms with Crippen LogP contribution >= 0.6 is 15.9 Å². The molecule has 1 atom stereocenters. The number of sulfone groups is 1. The lowest BCUT2D eigenvalue weighted by Gasteiger charge is -2.11. The number of amides is 1. The van der Waals surface area contributed by atoms with Crippen molar-refractivity contribution in [2.75, 3.05) is 17.3 Å². The van der Waals surface area contributed by atoms with Gasteiger partial charge in [0.1, 0.15) is 9.84 Å². The average Bonchev–Trinajstić information content (AvgIpc) is 2.28. The molecule has 0 spiro atoms. The van der Waals surface area contributed by atoms with Crippen molar-refractivity contribution in [2.24, 2.45) is 5.73 Å². The molecule has 0 aliphatic heterocycles. The lowest BCUT2D eigenvalue weighted by atomic mass is 10.2. The van der Waals surface area contributed by atoms with E-state index in [4.69, 9.17) is 5.73 Å². The van der Waals surface area contributed by atoms with E-state index < -0.39 is 15.9 Å². The summed E-state index contributed by atoms with van der Waals surface area (Å²) in [6, 6.07) is 6.20. The van der Waals surface area contributed by atoms with Gasteiger partial charge in [0.2, 0.25) is 5.91 Å². The van der Waals surface area contributed by atoms with Crippen molar-refractivity contribution < 1.29 is 13.2 Å². The van der Waals surface area contributed by atoms with Crippen molar-refractivity contribution in [2.45, 2.75) is 12.5 Å². The highest BCUT2D eigenvalue weighted by molar-refractivity contribution is 9.10. The maximum Gasteiger partial charge on any atom is 0.241 e. The fraction of sp³-hybridized carbons (Fsp3) is 0.364. The number of carbonyl (C=O) groups is 1. The van der Waals surface area contributed by atoms with Gasteiger partial charge in [0.05, 0.1) is 11.8 Å². The first-order valence-corrected chi connectivity index (χ1v) is 8.13. The van der Waals surface area contributed by atoms with Crippen LogP contribution in [0.2, 0.25) is 0 Å². The van der Waals surface area contributed by atoms with E-state index in [-0.39, 0.29) is 18.1 Å². The second kappa shape index (κ2) is 6.31. The second-order valence-corrected chi connectivity index (χ2v) is 7.20. The average molecular weight is 335 g/mol. The van der Waals surface area contributed by atoms with Crippen LogP contribution in [0, 0.1) is 0 Å². The van der Waals surface area contributed by atoms with Gasteiger partial charge >= 0.3 is 0 Å². The molecule has 5 nitrogen and oxygen atoms in total. The summed E-state index contributed by atoms with van der Waals surface area (Å²) in [7, 11) is -3.10. The molecule has 18 heavy (non-hydrogen) atoms. The number of hydrogen-bond donors (Lipinski definition) is 2. The van der Waals surface area contributed by atoms with Crippen molar-refractivity contribution >= 4 is 37.4 Å². The lowest BCUT2D eigenvalue weighted by Crippen LogP contribution is -2.37. The standard InChI is InChI=1S/C11H15BrN2O3S/c1-18(16,17)7-6-10(13)11(15)14-9-4-2-8(12)3-5-9/h2-5,10H,6-7,13H2,1H3,(H,14,15). The minimum atomic E-state index is -3.10. The van der Waals surface area contributed by atoms with E-state index in [2.05, 4.69) is 21.2 Å². The Hall–Kier alpha value is -0.920. The molecule has 100 valence electrons. The van der Waals surface area contributed by atoms with Crippen LogP contribution in [-0.2, 0) is 14.6 Å². The molecule has 0 aliphatic carbocycles. The summed E-state index contributed by atoms with van der Waals surface area (Å²) in [6.45, 7) is 0. The number of anilines is 1. The molecule has 7 heteroatoms. The molecular weight excluding hydrogens is 320 g/mol. The molecule has 0 bridgehead atoms. The van der Waals surface area contributed by atoms with Crippen LogP contribution in [0.5, 0.6) is 0 Å². The molecule has 0 fully saturated rings. The third-order valence-corrected chi connectivity index (χ3v) is 3.75. The normalized spacial score (nSPS) is 13.1. The number of nitrogens with two attached hydrogens (primary N) is 1. The fourth-order valence-electron chi connectivity index (χ4n) is 1.24. The predicted molar refractivity (Wildman–Crippen MR) is 75.1 cm³/mol. The zero-order valence-electron chi connectivity index (χ0n) is 9.89. The van der Waals surface area contributed by atoms with E-state index in [1.165, 1.54) is 0 Å². The molecular formula is C11H15BrN2O3S. The first-order valence-electron chi connectivity index (χ1n) is 5.27. The lowest BCUT2D eigenvalue weighted by molar-refractivity contribution is -0.117. The predicted octanol–water partition coefficient (Wildman–Crippen LogP) is 1.15. The number of nitrogens with one attached hydrogen (secondary N) is 1. The molecule has 0 radical (unpaired) electrons. The summed E-state index contributed by atoms with van der Waals surface area (Å²) in [6.07, 6.45) is 1.23. The first-order chi connectivity index (χ1) is 8.28. The SMILES string of the molecule is CS(=O)(=O)CCC(N)C(=O)Nc1ccc(Br)cc1. The molecule has 0 aliphatic rings. The van der Waals surface area contributed by atoms with Crippen LogP contribution in [0.3, 0.4) is 0 Å². The Morgan fingerprint density at radius 3 is 2.44 bits per heavy atom. The summed E-state index contributed by atoms with van der Waals surface area (Å²) in [5.41, 5.74) is 6.24. The van der Waals surface area contributed by atoms with Crippen LogP contribution in [0.25, 0.3) is 0 Å². The molecule has 1 amide bonds. The van der Waals surface area contributed by atoms with E-state index in [0.717, 1.165) is 10.7 Å². The zero-order valence-corrected chi connectivity index (χ0v) is 12.3. The van der Waals surface area contributed by atoms with Gasteiger partial charge in [-0.15, -0.1) is 0 Å². The highest BCUT2D eigenvalue weighted by Gasteiger charge is 2.15. The Morgan fingerprint density at radius 2 is 1.94 bits per heavy atom. The maximum absolute atomic E-state index is 11.7. The van der Waals surface area contributed by atoms with E-state index in [1.807, 2.05) is 0 Å². The highest BCUT2D eigenvalue weighted by atomic mass is 79.9. The van der Waals surface area contributed by atoms with E-state index >= 15 is 0 Å². The molecule has 1 aromatic rings. The monoisotopic (exact) mass is 334 g/mol. The van der Waals surface area contributed by atoms with Crippen LogP contribution in [-0.4, -0.2) is 32.4 Å². The van der Waals surface area contributed by atoms with E-state index in [1.54, 1.807) is 24.3 Å². The zero-order chi connectivity index (χ0) is 13.8. The third kappa shape index (κ3) is 5.61. The van der Waals surface area contributed by atoms with Crippen molar-refractivity contribution in [1.82, 2.24) is 0 Å². The maximum atomic E-state index is 11.7. The highest BCUT2D eigenvalue weighted by Crippen LogP contribution is 2.14. The smallest absolute Gasteiger partial charge is 0.241 e. The van der Waals surface area contributed by atoms with Gasteiger partial charge in [0.25, 0.3) is 0 Å². The van der Waals surface area contributed by atoms with Crippen molar-refractivity contribution in [3.63, 3.8) is 0 Å². The summed E-state index contributed by atoms with van der Waals surface area (Å²) >= 11 is 3.28. The van der Waals surface area contributed by atoms with Crippen LogP contribution in [0.1, 0.15) is 6.42 Å². The van der Waals surface area contributed by atoms with E-state index in [9.17, 15) is 13.2 Å². The van der Waals surface area contributed by atoms with Crippen molar-refractivity contribution in [3.05, 3.63) is 28.7 Å². The summed E-state index contributed by atoms with van der Waals surface area (Å²) < 4.78 is 22.8. The number of hydrogen-bond acceptors (Lipinski definition) is 4. The second-order valence-electron chi connectivity index (χ2n) is 4.02. The third-order valence-electron chi connectivity index (χ3n) is 2.25. The summed E-state index contributed by atoms with van der Waals surface area (Å²) in [5.74, 6) is -0.483. The topological polar surface area (TPSA) is 89.3 Å². The molecule has 3 N–H and O–H groups in total. The molecule has 0 saturated heterocycles. The quantitative estimate of drug-likeness (QED) is 0.845. The van der Waals surface area contributed by atoms with Crippen molar-refractivity contribution in [1.29, 1.82) is 0 Å². The Kier molecular flexibility index (Phi) is 5.30. The van der Waals surface area contributed by atoms with Crippen molar-refractivity contribution in [3.8, 4) is 0 Å². The molecule has 1 unspecified atom stereocenters. The molecule has 0 heterocycles. The molecule has 0 saturated carbocycles. The Morgan fingerprint density at radius 1 is 1.39 bits per heavy atom. The molecule has 0 aromatic heterocycles. The van der Waals surface area contributed by atoms with Crippen LogP contribution < -0.4 is 11.1 Å². The van der Waals surface area contributed by atoms with Crippen LogP contribution in [0.15, 0.2) is 28.7 Å². The molecule has 1 rings (SSSR count). The van der Waals surface area contributed by atoms with Gasteiger partial charge in [-0.1, -0.05) is 15.9 Å². The number of carbonyl (C=O) groups excluding carboxylic acids is 1. The largest absolute Gasteiger partial charge is 0.325 e. The first kappa shape index (κ1) is 15.1. The minimum Gasteiger partial charge on any atom is -0.325 e. The van der Waals surface area contributed by atoms with Gasteiger partial charge in [-0.25, -0.2) is 8.42 Å². The minimum absolute atomic E-state index is 0.0953. The van der Waals surface area contributed by atoms with Gasteiger partial charge in [-0.05, 0) is 30.7 Å². The fourth-order valence-corrected chi connectivity index (χ4v) is 2.19. The Labute approximate surface area is 115 Å². The van der Waals surface area contributed by atoms with E-state index in [0.29, 0.717) is 5.69 Å². The van der Waals surface area contributed by atoms with Gasteiger partial charge in [-0.2, -0.15) is 0 Å². The van der Waals surface area contributed by atoms with Gasteiger partial charge in [0, 0.05) is 16.4 Å². The summed E-state index contributed by atoms with van der Waals surface area (Å²) in [4.78, 5) is 11.7. The number of benzene rings is 1. The molecule has 1 aromatic carbocycles. The summed E-state index contributed by atoms with van der Waals surface area (Å²) in [5, 5.41) is 2.63. The van der Waals surface area contributed by atoms with Gasteiger partial charge in [-0.3, -0.25) is 4.79 Å². The van der Waals surface area contributed by atoms with Gasteiger partial charge < -0.3 is 11.1 Å². The number of halogens is 1. The number of rotatable bonds is 5. The van der Waals surface area contributed by atoms with Gasteiger partial charge in [0.15, 0.2) is 0 Å². The Bertz CT molecular complexity index is 514. The Balaban J connectivity index is 2.52.